The van der Waals surface area contributed by atoms with E-state index in [1.165, 1.54) is 24.3 Å². The van der Waals surface area contributed by atoms with Crippen LogP contribution in [0.4, 0.5) is 4.39 Å². The molecule has 0 saturated carbocycles. The van der Waals surface area contributed by atoms with E-state index in [-0.39, 0.29) is 11.1 Å². The highest BCUT2D eigenvalue weighted by atomic mass is 19.1. The number of hydrogen-bond acceptors (Lipinski definition) is 3. The van der Waals surface area contributed by atoms with Crippen molar-refractivity contribution in [1.82, 2.24) is 5.32 Å². The maximum absolute atomic E-state index is 13.1. The van der Waals surface area contributed by atoms with Gasteiger partial charge in [-0.3, -0.25) is 14.9 Å². The van der Waals surface area contributed by atoms with Gasteiger partial charge in [-0.1, -0.05) is 24.3 Å². The van der Waals surface area contributed by atoms with Crippen molar-refractivity contribution in [3.8, 4) is 5.75 Å². The van der Waals surface area contributed by atoms with Crippen molar-refractivity contribution in [3.05, 3.63) is 65.5 Å². The van der Waals surface area contributed by atoms with Gasteiger partial charge in [-0.15, -0.1) is 0 Å². The predicted octanol–water partition coefficient (Wildman–Crippen LogP) is 2.40. The van der Waals surface area contributed by atoms with Crippen molar-refractivity contribution in [2.45, 2.75) is 0 Å². The van der Waals surface area contributed by atoms with Gasteiger partial charge in [0.2, 0.25) is 0 Å². The largest absolute Gasteiger partial charge is 0.497 e. The number of benzene rings is 2. The van der Waals surface area contributed by atoms with Crippen LogP contribution in [0.3, 0.4) is 0 Å². The van der Waals surface area contributed by atoms with E-state index in [0.29, 0.717) is 16.9 Å². The Morgan fingerprint density at radius 3 is 1.73 bits per heavy atom. The first-order valence-electron chi connectivity index (χ1n) is 6.60. The average Bonchev–Trinajstić information content (AvgIpc) is 2.82. The number of imide groups is 1. The molecule has 0 unspecified atom stereocenters. The number of methoxy groups -OCH3 is 1. The van der Waals surface area contributed by atoms with Crippen molar-refractivity contribution in [2.75, 3.05) is 7.11 Å². The molecule has 0 aromatic heterocycles. The minimum absolute atomic E-state index is 0.246. The molecule has 22 heavy (non-hydrogen) atoms. The van der Waals surface area contributed by atoms with Crippen LogP contribution in [0.15, 0.2) is 48.5 Å². The number of hydrogen-bond donors (Lipinski definition) is 1. The Hall–Kier alpha value is -2.95. The Bertz CT molecular complexity index is 777. The van der Waals surface area contributed by atoms with Crippen LogP contribution in [-0.4, -0.2) is 18.9 Å². The number of amides is 2. The van der Waals surface area contributed by atoms with E-state index in [9.17, 15) is 14.0 Å². The van der Waals surface area contributed by atoms with Gasteiger partial charge in [-0.2, -0.15) is 0 Å². The highest BCUT2D eigenvalue weighted by molar-refractivity contribution is 6.49. The molecule has 3 rings (SSSR count). The molecule has 0 aliphatic carbocycles. The number of rotatable bonds is 3. The van der Waals surface area contributed by atoms with Crippen LogP contribution in [0.25, 0.3) is 11.1 Å². The van der Waals surface area contributed by atoms with Gasteiger partial charge in [-0.05, 0) is 35.4 Å². The maximum atomic E-state index is 13.1. The molecule has 5 heteroatoms. The molecule has 1 aliphatic rings. The predicted molar refractivity (Wildman–Crippen MR) is 79.4 cm³/mol. The van der Waals surface area contributed by atoms with Gasteiger partial charge in [-0.25, -0.2) is 4.39 Å². The lowest BCUT2D eigenvalue weighted by molar-refractivity contribution is -0.122. The zero-order chi connectivity index (χ0) is 15.7. The second kappa shape index (κ2) is 5.44. The summed E-state index contributed by atoms with van der Waals surface area (Å²) in [5.41, 5.74) is 1.62. The van der Waals surface area contributed by atoms with E-state index < -0.39 is 17.6 Å². The first-order valence-corrected chi connectivity index (χ1v) is 6.60. The van der Waals surface area contributed by atoms with E-state index in [1.807, 2.05) is 0 Å². The van der Waals surface area contributed by atoms with Crippen LogP contribution in [0, 0.1) is 5.82 Å². The van der Waals surface area contributed by atoms with Gasteiger partial charge in [0.15, 0.2) is 0 Å². The third-order valence-electron chi connectivity index (χ3n) is 3.44. The lowest BCUT2D eigenvalue weighted by Gasteiger charge is -2.06. The lowest BCUT2D eigenvalue weighted by atomic mass is 9.96. The van der Waals surface area contributed by atoms with Crippen molar-refractivity contribution >= 4 is 23.0 Å². The summed E-state index contributed by atoms with van der Waals surface area (Å²) in [6, 6.07) is 12.3. The number of carbonyl (C=O) groups is 2. The van der Waals surface area contributed by atoms with Crippen LogP contribution in [-0.2, 0) is 9.59 Å². The van der Waals surface area contributed by atoms with E-state index in [4.69, 9.17) is 4.74 Å². The molecule has 0 radical (unpaired) electrons. The Balaban J connectivity index is 2.15. The Morgan fingerprint density at radius 1 is 0.818 bits per heavy atom. The van der Waals surface area contributed by atoms with E-state index in [1.54, 1.807) is 31.4 Å². The lowest BCUT2D eigenvalue weighted by Crippen LogP contribution is -2.22. The smallest absolute Gasteiger partial charge is 0.259 e. The molecule has 1 heterocycles. The van der Waals surface area contributed by atoms with Gasteiger partial charge in [0, 0.05) is 0 Å². The van der Waals surface area contributed by atoms with E-state index >= 15 is 0 Å². The van der Waals surface area contributed by atoms with Gasteiger partial charge >= 0.3 is 0 Å². The van der Waals surface area contributed by atoms with E-state index in [2.05, 4.69) is 5.32 Å². The topological polar surface area (TPSA) is 55.4 Å². The second-order valence-electron chi connectivity index (χ2n) is 4.77. The Morgan fingerprint density at radius 2 is 1.27 bits per heavy atom. The van der Waals surface area contributed by atoms with Gasteiger partial charge in [0.1, 0.15) is 11.6 Å². The molecule has 4 nitrogen and oxygen atoms in total. The zero-order valence-electron chi connectivity index (χ0n) is 11.7. The highest BCUT2D eigenvalue weighted by Crippen LogP contribution is 2.31. The Kier molecular flexibility index (Phi) is 3.47. The number of nitrogens with one attached hydrogen (secondary N) is 1. The fourth-order valence-corrected chi connectivity index (χ4v) is 2.38. The minimum Gasteiger partial charge on any atom is -0.497 e. The third kappa shape index (κ3) is 2.37. The van der Waals surface area contributed by atoms with Gasteiger partial charge in [0.25, 0.3) is 11.8 Å². The molecule has 2 aromatic carbocycles. The summed E-state index contributed by atoms with van der Waals surface area (Å²) in [7, 11) is 1.55. The van der Waals surface area contributed by atoms with Crippen molar-refractivity contribution in [3.63, 3.8) is 0 Å². The highest BCUT2D eigenvalue weighted by Gasteiger charge is 2.32. The second-order valence-corrected chi connectivity index (χ2v) is 4.77. The summed E-state index contributed by atoms with van der Waals surface area (Å²) in [5.74, 6) is -0.700. The quantitative estimate of drug-likeness (QED) is 0.885. The Labute approximate surface area is 126 Å². The summed E-state index contributed by atoms with van der Waals surface area (Å²) in [6.45, 7) is 0. The van der Waals surface area contributed by atoms with Crippen LogP contribution in [0.2, 0.25) is 0 Å². The fraction of sp³-hybridized carbons (Fsp3) is 0.0588. The summed E-state index contributed by atoms with van der Waals surface area (Å²) < 4.78 is 18.1. The number of ether oxygens (including phenoxy) is 1. The molecule has 0 saturated heterocycles. The molecular formula is C17H12FNO3. The normalized spacial score (nSPS) is 14.3. The molecule has 0 atom stereocenters. The summed E-state index contributed by atoms with van der Waals surface area (Å²) >= 11 is 0. The molecule has 0 bridgehead atoms. The molecule has 0 spiro atoms. The van der Waals surface area contributed by atoms with Crippen LogP contribution < -0.4 is 10.1 Å². The van der Waals surface area contributed by atoms with Crippen LogP contribution in [0.5, 0.6) is 5.75 Å². The van der Waals surface area contributed by atoms with Crippen LogP contribution >= 0.6 is 0 Å². The molecule has 0 fully saturated rings. The maximum Gasteiger partial charge on any atom is 0.259 e. The summed E-state index contributed by atoms with van der Waals surface area (Å²) in [5, 5.41) is 2.28. The number of carbonyl (C=O) groups excluding carboxylic acids is 2. The number of halogens is 1. The summed E-state index contributed by atoms with van der Waals surface area (Å²) in [6.07, 6.45) is 0. The summed E-state index contributed by atoms with van der Waals surface area (Å²) in [4.78, 5) is 24.2. The SMILES string of the molecule is COc1ccc(C2=C(c3ccc(F)cc3)C(=O)NC2=O)cc1. The molecular weight excluding hydrogens is 285 g/mol. The molecule has 2 amide bonds. The molecule has 1 aliphatic heterocycles. The minimum atomic E-state index is -0.484. The average molecular weight is 297 g/mol. The standard InChI is InChI=1S/C17H12FNO3/c1-22-13-8-4-11(5-9-13)15-14(16(20)19-17(15)21)10-2-6-12(18)7-3-10/h2-9H,1H3,(H,19,20,21). The molecule has 1 N–H and O–H groups in total. The molecule has 2 aromatic rings. The van der Waals surface area contributed by atoms with Crippen molar-refractivity contribution in [1.29, 1.82) is 0 Å². The monoisotopic (exact) mass is 297 g/mol. The van der Waals surface area contributed by atoms with E-state index in [0.717, 1.165) is 0 Å². The zero-order valence-corrected chi connectivity index (χ0v) is 11.7. The van der Waals surface area contributed by atoms with Gasteiger partial charge in [0.05, 0.1) is 18.3 Å². The third-order valence-corrected chi connectivity index (χ3v) is 3.44. The first kappa shape index (κ1) is 14.0. The van der Waals surface area contributed by atoms with Crippen molar-refractivity contribution < 1.29 is 18.7 Å². The van der Waals surface area contributed by atoms with Crippen LogP contribution in [0.1, 0.15) is 11.1 Å². The van der Waals surface area contributed by atoms with Crippen molar-refractivity contribution in [2.24, 2.45) is 0 Å². The van der Waals surface area contributed by atoms with Gasteiger partial charge < -0.3 is 4.74 Å². The molecule has 110 valence electrons. The first-order chi connectivity index (χ1) is 10.6. The fourth-order valence-electron chi connectivity index (χ4n) is 2.38.